The van der Waals surface area contributed by atoms with Crippen molar-refractivity contribution in [2.45, 2.75) is 25.5 Å². The number of carbonyl (C=O) groups excluding carboxylic acids is 3. The van der Waals surface area contributed by atoms with Gasteiger partial charge in [-0.05, 0) is 36.2 Å². The maximum absolute atomic E-state index is 13.6. The Labute approximate surface area is 299 Å². The van der Waals surface area contributed by atoms with E-state index in [2.05, 4.69) is 16.3 Å². The predicted octanol–water partition coefficient (Wildman–Crippen LogP) is 4.41. The molecule has 5 rings (SSSR count). The standard InChI is InChI=1S/C37H37ClFN5O7/c1-4-50-30-17-29(28(38)16-26(30)35(45)42-19-25-21-43(14-15-51-25)20-22-10-12-24(39)13-11-22)44-33(37(47)49-3)32(36(46)48-2)31(27(18-40)34(44)41)23-8-6-5-7-9-23/h5-13,16-17,25,31H,4,14-15,19-21,41H2,1-3H3,(H,42,45). The Morgan fingerprint density at radius 3 is 2.43 bits per heavy atom. The Balaban J connectivity index is 1.48. The number of anilines is 1. The van der Waals surface area contributed by atoms with Crippen molar-refractivity contribution in [1.29, 1.82) is 5.26 Å². The number of halogens is 2. The van der Waals surface area contributed by atoms with E-state index in [9.17, 15) is 24.0 Å². The molecule has 51 heavy (non-hydrogen) atoms. The molecule has 2 aliphatic rings. The predicted molar refractivity (Wildman–Crippen MR) is 186 cm³/mol. The number of nitrogens with zero attached hydrogens (tertiary/aromatic N) is 3. The number of methoxy groups -OCH3 is 2. The number of esters is 2. The van der Waals surface area contributed by atoms with Crippen molar-refractivity contribution in [3.8, 4) is 11.8 Å². The van der Waals surface area contributed by atoms with Gasteiger partial charge in [-0.1, -0.05) is 54.1 Å². The number of morpholine rings is 1. The van der Waals surface area contributed by atoms with Crippen LogP contribution in [0.1, 0.15) is 34.3 Å². The van der Waals surface area contributed by atoms with Gasteiger partial charge in [0.1, 0.15) is 23.1 Å². The molecule has 3 N–H and O–H groups in total. The first-order valence-electron chi connectivity index (χ1n) is 16.1. The van der Waals surface area contributed by atoms with Gasteiger partial charge in [0.2, 0.25) is 0 Å². The van der Waals surface area contributed by atoms with Crippen molar-refractivity contribution < 1.29 is 37.7 Å². The highest BCUT2D eigenvalue weighted by atomic mass is 35.5. The summed E-state index contributed by atoms with van der Waals surface area (Å²) in [6, 6.07) is 19.8. The molecule has 0 aliphatic carbocycles. The van der Waals surface area contributed by atoms with Crippen molar-refractivity contribution in [2.24, 2.45) is 5.73 Å². The number of rotatable bonds is 11. The summed E-state index contributed by atoms with van der Waals surface area (Å²) in [6.07, 6.45) is -0.321. The molecular weight excluding hydrogens is 681 g/mol. The molecule has 3 aromatic carbocycles. The molecule has 14 heteroatoms. The van der Waals surface area contributed by atoms with E-state index in [1.807, 2.05) is 0 Å². The SMILES string of the molecule is CCOc1cc(N2C(N)=C(C#N)C(c3ccccc3)C(C(=O)OC)=C2C(=O)OC)c(Cl)cc1C(=O)NCC1CN(Cc2ccc(F)cc2)CCO1. The molecule has 0 radical (unpaired) electrons. The van der Waals surface area contributed by atoms with Crippen molar-refractivity contribution in [3.05, 3.63) is 117 Å². The summed E-state index contributed by atoms with van der Waals surface area (Å²) in [5.41, 5.74) is 7.67. The second-order valence-electron chi connectivity index (χ2n) is 11.6. The van der Waals surface area contributed by atoms with Crippen LogP contribution in [0.3, 0.4) is 0 Å². The molecule has 1 amide bonds. The van der Waals surface area contributed by atoms with Crippen molar-refractivity contribution in [2.75, 3.05) is 52.0 Å². The topological polar surface area (TPSA) is 156 Å². The summed E-state index contributed by atoms with van der Waals surface area (Å²) in [7, 11) is 2.29. The quantitative estimate of drug-likeness (QED) is 0.271. The Bertz CT molecular complexity index is 1900. The lowest BCUT2D eigenvalue weighted by Crippen LogP contribution is -2.47. The highest BCUT2D eigenvalue weighted by molar-refractivity contribution is 6.34. The van der Waals surface area contributed by atoms with Crippen LogP contribution < -0.4 is 20.7 Å². The minimum absolute atomic E-state index is 0.0438. The normalized spacial score (nSPS) is 17.8. The summed E-state index contributed by atoms with van der Waals surface area (Å²) in [4.78, 5) is 43.8. The fourth-order valence-corrected chi connectivity index (χ4v) is 6.38. The van der Waals surface area contributed by atoms with Crippen LogP contribution >= 0.6 is 11.6 Å². The van der Waals surface area contributed by atoms with E-state index in [1.165, 1.54) is 24.3 Å². The van der Waals surface area contributed by atoms with Crippen LogP contribution in [-0.2, 0) is 30.3 Å². The van der Waals surface area contributed by atoms with Crippen LogP contribution in [0.25, 0.3) is 0 Å². The van der Waals surface area contributed by atoms with Gasteiger partial charge in [0.25, 0.3) is 5.91 Å². The maximum atomic E-state index is 13.6. The average Bonchev–Trinajstić information content (AvgIpc) is 3.15. The summed E-state index contributed by atoms with van der Waals surface area (Å²) >= 11 is 6.83. The van der Waals surface area contributed by atoms with Gasteiger partial charge in [0, 0.05) is 32.2 Å². The van der Waals surface area contributed by atoms with Gasteiger partial charge in [-0.15, -0.1) is 0 Å². The molecule has 2 heterocycles. The zero-order valence-electron chi connectivity index (χ0n) is 28.3. The first-order chi connectivity index (χ1) is 24.6. The van der Waals surface area contributed by atoms with Crippen LogP contribution in [0.15, 0.2) is 89.4 Å². The second-order valence-corrected chi connectivity index (χ2v) is 12.0. The Hall–Kier alpha value is -5.42. The summed E-state index contributed by atoms with van der Waals surface area (Å²) < 4.78 is 35.3. The number of ether oxygens (including phenoxy) is 4. The van der Waals surface area contributed by atoms with Gasteiger partial charge in [-0.2, -0.15) is 5.26 Å². The molecule has 2 aliphatic heterocycles. The first-order valence-corrected chi connectivity index (χ1v) is 16.5. The van der Waals surface area contributed by atoms with Gasteiger partial charge >= 0.3 is 11.9 Å². The number of benzene rings is 3. The third-order valence-electron chi connectivity index (χ3n) is 8.48. The number of nitrogens with one attached hydrogen (secondary N) is 1. The van der Waals surface area contributed by atoms with Crippen LogP contribution in [0.4, 0.5) is 10.1 Å². The van der Waals surface area contributed by atoms with Crippen LogP contribution in [-0.4, -0.2) is 75.9 Å². The number of allylic oxidation sites excluding steroid dienone is 1. The molecule has 0 saturated carbocycles. The highest BCUT2D eigenvalue weighted by Gasteiger charge is 2.43. The zero-order valence-corrected chi connectivity index (χ0v) is 29.0. The third-order valence-corrected chi connectivity index (χ3v) is 8.78. The second kappa shape index (κ2) is 16.5. The van der Waals surface area contributed by atoms with Crippen LogP contribution in [0, 0.1) is 17.1 Å². The number of amides is 1. The highest BCUT2D eigenvalue weighted by Crippen LogP contribution is 2.46. The van der Waals surface area contributed by atoms with Crippen LogP contribution in [0.2, 0.25) is 5.02 Å². The van der Waals surface area contributed by atoms with Crippen molar-refractivity contribution in [1.82, 2.24) is 10.2 Å². The fraction of sp³-hybridized carbons (Fsp3) is 0.297. The maximum Gasteiger partial charge on any atom is 0.355 e. The van der Waals surface area contributed by atoms with Crippen molar-refractivity contribution >= 4 is 35.1 Å². The molecule has 2 unspecified atom stereocenters. The van der Waals surface area contributed by atoms with Crippen molar-refractivity contribution in [3.63, 3.8) is 0 Å². The van der Waals surface area contributed by atoms with Crippen LogP contribution in [0.5, 0.6) is 5.75 Å². The minimum Gasteiger partial charge on any atom is -0.493 e. The first kappa shape index (κ1) is 36.9. The van der Waals surface area contributed by atoms with E-state index in [1.54, 1.807) is 49.4 Å². The van der Waals surface area contributed by atoms with Gasteiger partial charge in [0.15, 0.2) is 0 Å². The number of hydrogen-bond acceptors (Lipinski definition) is 11. The van der Waals surface area contributed by atoms with E-state index in [-0.39, 0.29) is 69.8 Å². The number of hydrogen-bond donors (Lipinski definition) is 2. The molecular formula is C37H37ClFN5O7. The lowest BCUT2D eigenvalue weighted by atomic mass is 9.81. The number of nitriles is 1. The minimum atomic E-state index is -1.07. The molecule has 1 fully saturated rings. The summed E-state index contributed by atoms with van der Waals surface area (Å²) in [6.45, 7) is 4.33. The molecule has 3 aromatic rings. The Morgan fingerprint density at radius 2 is 1.78 bits per heavy atom. The van der Waals surface area contributed by atoms with Gasteiger partial charge < -0.3 is 30.0 Å². The third kappa shape index (κ3) is 7.99. The Kier molecular flexibility index (Phi) is 11.9. The van der Waals surface area contributed by atoms with E-state index >= 15 is 0 Å². The molecule has 0 aromatic heterocycles. The van der Waals surface area contributed by atoms with Gasteiger partial charge in [-0.25, -0.2) is 14.0 Å². The smallest absolute Gasteiger partial charge is 0.355 e. The molecule has 1 saturated heterocycles. The lowest BCUT2D eigenvalue weighted by Gasteiger charge is -2.36. The van der Waals surface area contributed by atoms with E-state index < -0.39 is 23.8 Å². The zero-order chi connectivity index (χ0) is 36.7. The monoisotopic (exact) mass is 717 g/mol. The largest absolute Gasteiger partial charge is 0.493 e. The average molecular weight is 718 g/mol. The van der Waals surface area contributed by atoms with E-state index in [4.69, 9.17) is 36.3 Å². The fourth-order valence-electron chi connectivity index (χ4n) is 6.13. The van der Waals surface area contributed by atoms with Gasteiger partial charge in [0.05, 0.1) is 72.9 Å². The summed E-state index contributed by atoms with van der Waals surface area (Å²) in [5, 5.41) is 13.2. The van der Waals surface area contributed by atoms with Gasteiger partial charge in [-0.3, -0.25) is 14.6 Å². The number of nitrogens with two attached hydrogens (primary N) is 1. The molecule has 0 spiro atoms. The molecule has 266 valence electrons. The molecule has 12 nitrogen and oxygen atoms in total. The lowest BCUT2D eigenvalue weighted by molar-refractivity contribution is -0.139. The van der Waals surface area contributed by atoms with E-state index in [0.717, 1.165) is 24.7 Å². The Morgan fingerprint density at radius 1 is 1.08 bits per heavy atom. The summed E-state index contributed by atoms with van der Waals surface area (Å²) in [5.74, 6) is -3.82. The number of carbonyl (C=O) groups is 3. The molecule has 2 atom stereocenters. The van der Waals surface area contributed by atoms with E-state index in [0.29, 0.717) is 31.8 Å². The molecule has 0 bridgehead atoms.